The van der Waals surface area contributed by atoms with Gasteiger partial charge in [0.1, 0.15) is 0 Å². The Morgan fingerprint density at radius 1 is 1.16 bits per heavy atom. The lowest BCUT2D eigenvalue weighted by molar-refractivity contribution is 0.101. The minimum atomic E-state index is -0.482. The van der Waals surface area contributed by atoms with Crippen LogP contribution in [0.1, 0.15) is 62.7 Å². The average Bonchev–Trinajstić information content (AvgIpc) is 2.36. The predicted octanol–water partition coefficient (Wildman–Crippen LogP) is 2.10. The molecular weight excluding hydrogens is 244 g/mol. The molecule has 5 heteroatoms. The van der Waals surface area contributed by atoms with Crippen LogP contribution in [0.4, 0.5) is 0 Å². The molecule has 0 saturated heterocycles. The summed E-state index contributed by atoms with van der Waals surface area (Å²) in [6.07, 6.45) is 7.71. The van der Waals surface area contributed by atoms with Crippen molar-refractivity contribution in [2.75, 3.05) is 0 Å². The smallest absolute Gasteiger partial charge is 0.313 e. The van der Waals surface area contributed by atoms with Gasteiger partial charge in [0.05, 0.1) is 5.56 Å². The summed E-state index contributed by atoms with van der Waals surface area (Å²) in [4.78, 5) is 37.2. The van der Waals surface area contributed by atoms with Crippen LogP contribution in [0.15, 0.2) is 15.8 Å². The van der Waals surface area contributed by atoms with E-state index in [2.05, 4.69) is 11.9 Å². The van der Waals surface area contributed by atoms with E-state index in [4.69, 9.17) is 0 Å². The molecule has 0 saturated carbocycles. The van der Waals surface area contributed by atoms with Crippen molar-refractivity contribution in [1.29, 1.82) is 0 Å². The quantitative estimate of drug-likeness (QED) is 0.578. The summed E-state index contributed by atoms with van der Waals surface area (Å²) in [6.45, 7) is 3.86. The normalized spacial score (nSPS) is 10.6. The number of H-pyrrole nitrogens is 1. The third-order valence-electron chi connectivity index (χ3n) is 3.18. The molecule has 0 radical (unpaired) electrons. The molecule has 0 amide bonds. The monoisotopic (exact) mass is 266 g/mol. The molecular formula is C14H22N2O3. The molecule has 1 aromatic heterocycles. The molecule has 0 aliphatic rings. The number of ketones is 1. The van der Waals surface area contributed by atoms with Crippen LogP contribution in [0.25, 0.3) is 0 Å². The third kappa shape index (κ3) is 4.50. The van der Waals surface area contributed by atoms with E-state index >= 15 is 0 Å². The molecule has 0 aromatic carbocycles. The molecule has 0 spiro atoms. The lowest BCUT2D eigenvalue weighted by Crippen LogP contribution is -2.37. The summed E-state index contributed by atoms with van der Waals surface area (Å²) in [5.74, 6) is -0.321. The lowest BCUT2D eigenvalue weighted by atomic mass is 10.1. The largest absolute Gasteiger partial charge is 0.328 e. The van der Waals surface area contributed by atoms with Crippen LogP contribution < -0.4 is 11.2 Å². The maximum Gasteiger partial charge on any atom is 0.328 e. The van der Waals surface area contributed by atoms with E-state index in [0.29, 0.717) is 6.54 Å². The average molecular weight is 266 g/mol. The van der Waals surface area contributed by atoms with E-state index in [-0.39, 0.29) is 11.3 Å². The van der Waals surface area contributed by atoms with Gasteiger partial charge in [-0.25, -0.2) is 4.79 Å². The number of aromatic amines is 1. The van der Waals surface area contributed by atoms with Crippen molar-refractivity contribution in [1.82, 2.24) is 9.55 Å². The van der Waals surface area contributed by atoms with Crippen LogP contribution in [-0.4, -0.2) is 15.3 Å². The fourth-order valence-electron chi connectivity index (χ4n) is 2.02. The first-order valence-corrected chi connectivity index (χ1v) is 6.91. The summed E-state index contributed by atoms with van der Waals surface area (Å²) in [7, 11) is 0. The summed E-state index contributed by atoms with van der Waals surface area (Å²) >= 11 is 0. The van der Waals surface area contributed by atoms with Crippen molar-refractivity contribution in [2.45, 2.75) is 58.9 Å². The molecule has 1 heterocycles. The Balaban J connectivity index is 2.63. The van der Waals surface area contributed by atoms with Gasteiger partial charge in [0, 0.05) is 12.7 Å². The van der Waals surface area contributed by atoms with Crippen LogP contribution in [0.5, 0.6) is 0 Å². The van der Waals surface area contributed by atoms with Gasteiger partial charge in [-0.1, -0.05) is 39.0 Å². The van der Waals surface area contributed by atoms with Gasteiger partial charge in [-0.2, -0.15) is 0 Å². The van der Waals surface area contributed by atoms with Gasteiger partial charge < -0.3 is 4.98 Å². The van der Waals surface area contributed by atoms with E-state index in [0.717, 1.165) is 23.8 Å². The summed E-state index contributed by atoms with van der Waals surface area (Å²) in [5, 5.41) is 0. The van der Waals surface area contributed by atoms with Crippen molar-refractivity contribution >= 4 is 5.78 Å². The predicted molar refractivity (Wildman–Crippen MR) is 74.7 cm³/mol. The SMILES string of the molecule is CCCCCCCCn1c(=O)[nH]cc(C(C)=O)c1=O. The fourth-order valence-corrected chi connectivity index (χ4v) is 2.02. The lowest BCUT2D eigenvalue weighted by Gasteiger charge is -2.05. The third-order valence-corrected chi connectivity index (χ3v) is 3.18. The van der Waals surface area contributed by atoms with E-state index in [1.54, 1.807) is 0 Å². The van der Waals surface area contributed by atoms with Gasteiger partial charge in [0.2, 0.25) is 0 Å². The van der Waals surface area contributed by atoms with Crippen molar-refractivity contribution in [3.05, 3.63) is 32.6 Å². The van der Waals surface area contributed by atoms with E-state index in [9.17, 15) is 14.4 Å². The molecule has 0 aliphatic heterocycles. The number of Topliss-reactive ketones (excluding diaryl/α,β-unsaturated/α-hetero) is 1. The van der Waals surface area contributed by atoms with Crippen LogP contribution >= 0.6 is 0 Å². The zero-order chi connectivity index (χ0) is 14.3. The fraction of sp³-hybridized carbons (Fsp3) is 0.643. The minimum absolute atomic E-state index is 0.0468. The van der Waals surface area contributed by atoms with Crippen molar-refractivity contribution in [3.63, 3.8) is 0 Å². The minimum Gasteiger partial charge on any atom is -0.313 e. The number of nitrogens with one attached hydrogen (secondary N) is 1. The Labute approximate surface area is 112 Å². The molecule has 106 valence electrons. The Morgan fingerprint density at radius 2 is 1.79 bits per heavy atom. The maximum absolute atomic E-state index is 11.9. The molecule has 5 nitrogen and oxygen atoms in total. The number of aromatic nitrogens is 2. The number of carbonyl (C=O) groups is 1. The highest BCUT2D eigenvalue weighted by atomic mass is 16.2. The Morgan fingerprint density at radius 3 is 2.42 bits per heavy atom. The number of carbonyl (C=O) groups excluding carboxylic acids is 1. The standard InChI is InChI=1S/C14H22N2O3/c1-3-4-5-6-7-8-9-16-13(18)12(11(2)17)10-15-14(16)19/h10H,3-9H2,1-2H3,(H,15,19). The summed E-state index contributed by atoms with van der Waals surface area (Å²) in [6, 6.07) is 0. The number of hydrogen-bond donors (Lipinski definition) is 1. The molecule has 0 bridgehead atoms. The second-order valence-electron chi connectivity index (χ2n) is 4.79. The van der Waals surface area contributed by atoms with Crippen molar-refractivity contribution in [3.8, 4) is 0 Å². The van der Waals surface area contributed by atoms with E-state index < -0.39 is 11.2 Å². The zero-order valence-electron chi connectivity index (χ0n) is 11.7. The second kappa shape index (κ2) is 7.71. The molecule has 0 fully saturated rings. The van der Waals surface area contributed by atoms with Crippen LogP contribution in [0, 0.1) is 0 Å². The van der Waals surface area contributed by atoms with Gasteiger partial charge >= 0.3 is 5.69 Å². The molecule has 1 aromatic rings. The van der Waals surface area contributed by atoms with Gasteiger partial charge in [-0.05, 0) is 13.3 Å². The van der Waals surface area contributed by atoms with E-state index in [1.165, 1.54) is 32.4 Å². The Kier molecular flexibility index (Phi) is 6.25. The zero-order valence-corrected chi connectivity index (χ0v) is 11.7. The topological polar surface area (TPSA) is 71.9 Å². The number of unbranched alkanes of at least 4 members (excludes halogenated alkanes) is 5. The first kappa shape index (κ1) is 15.4. The van der Waals surface area contributed by atoms with Gasteiger partial charge in [-0.15, -0.1) is 0 Å². The maximum atomic E-state index is 11.9. The highest BCUT2D eigenvalue weighted by molar-refractivity contribution is 5.93. The Hall–Kier alpha value is -1.65. The molecule has 0 unspecified atom stereocenters. The number of nitrogens with zero attached hydrogens (tertiary/aromatic N) is 1. The van der Waals surface area contributed by atoms with Crippen molar-refractivity contribution in [2.24, 2.45) is 0 Å². The first-order chi connectivity index (χ1) is 9.07. The van der Waals surface area contributed by atoms with E-state index in [1.807, 2.05) is 0 Å². The first-order valence-electron chi connectivity index (χ1n) is 6.91. The molecule has 19 heavy (non-hydrogen) atoms. The Bertz CT molecular complexity index is 528. The van der Waals surface area contributed by atoms with Gasteiger partial charge in [0.15, 0.2) is 5.78 Å². The number of hydrogen-bond acceptors (Lipinski definition) is 3. The summed E-state index contributed by atoms with van der Waals surface area (Å²) < 4.78 is 1.12. The van der Waals surface area contributed by atoms with Crippen LogP contribution in [-0.2, 0) is 6.54 Å². The molecule has 1 N–H and O–H groups in total. The highest BCUT2D eigenvalue weighted by Crippen LogP contribution is 2.05. The summed E-state index contributed by atoms with van der Waals surface area (Å²) in [5.41, 5.74) is -0.876. The van der Waals surface area contributed by atoms with Crippen molar-refractivity contribution < 1.29 is 4.79 Å². The van der Waals surface area contributed by atoms with Gasteiger partial charge in [-0.3, -0.25) is 14.2 Å². The van der Waals surface area contributed by atoms with Gasteiger partial charge in [0.25, 0.3) is 5.56 Å². The molecule has 1 rings (SSSR count). The van der Waals surface area contributed by atoms with Crippen LogP contribution in [0.2, 0.25) is 0 Å². The number of rotatable bonds is 8. The van der Waals surface area contributed by atoms with Crippen LogP contribution in [0.3, 0.4) is 0 Å². The molecule has 0 atom stereocenters. The second-order valence-corrected chi connectivity index (χ2v) is 4.79. The molecule has 0 aliphatic carbocycles. The highest BCUT2D eigenvalue weighted by Gasteiger charge is 2.10.